The topological polar surface area (TPSA) is 38.3 Å². The lowest BCUT2D eigenvalue weighted by Crippen LogP contribution is -2.33. The number of nitrogens with one attached hydrogen (secondary N) is 1. The highest BCUT2D eigenvalue weighted by Gasteiger charge is 2.28. The van der Waals surface area contributed by atoms with Gasteiger partial charge in [0.1, 0.15) is 6.54 Å². The van der Waals surface area contributed by atoms with Gasteiger partial charge in [0.15, 0.2) is 17.4 Å². The maximum atomic E-state index is 13.2. The zero-order valence-corrected chi connectivity index (χ0v) is 9.07. The van der Waals surface area contributed by atoms with Gasteiger partial charge in [-0.25, -0.2) is 8.78 Å². The fourth-order valence-electron chi connectivity index (χ4n) is 1.17. The first-order valence-corrected chi connectivity index (χ1v) is 4.62. The minimum atomic E-state index is -4.60. The van der Waals surface area contributed by atoms with Crippen LogP contribution in [-0.2, 0) is 0 Å². The smallest absolute Gasteiger partial charge is 0.405 e. The van der Waals surface area contributed by atoms with E-state index in [1.165, 1.54) is 5.32 Å². The summed E-state index contributed by atoms with van der Waals surface area (Å²) in [5, 5.41) is 1.49. The lowest BCUT2D eigenvalue weighted by molar-refractivity contribution is -0.123. The molecule has 0 fully saturated rings. The number of hydrogen-bond acceptors (Lipinski definition) is 2. The van der Waals surface area contributed by atoms with E-state index >= 15 is 0 Å². The number of alkyl halides is 3. The quantitative estimate of drug-likeness (QED) is 0.855. The molecule has 0 saturated carbocycles. The fourth-order valence-corrected chi connectivity index (χ4v) is 1.17. The summed E-state index contributed by atoms with van der Waals surface area (Å²) in [4.78, 5) is 11.2. The van der Waals surface area contributed by atoms with E-state index in [1.807, 2.05) is 0 Å². The Balaban J connectivity index is 2.88. The van der Waals surface area contributed by atoms with E-state index in [9.17, 15) is 26.7 Å². The Bertz CT molecular complexity index is 435. The summed E-state index contributed by atoms with van der Waals surface area (Å²) in [7, 11) is 1.02. The molecule has 0 aliphatic heterocycles. The fraction of sp³-hybridized carbons (Fsp3) is 0.300. The number of benzene rings is 1. The van der Waals surface area contributed by atoms with Gasteiger partial charge in [-0.05, 0) is 12.1 Å². The van der Waals surface area contributed by atoms with Crippen molar-refractivity contribution >= 4 is 5.91 Å². The Morgan fingerprint density at radius 2 is 1.78 bits per heavy atom. The van der Waals surface area contributed by atoms with Crippen LogP contribution in [0.1, 0.15) is 10.4 Å². The zero-order chi connectivity index (χ0) is 13.9. The number of amides is 1. The van der Waals surface area contributed by atoms with Crippen molar-refractivity contribution in [3.63, 3.8) is 0 Å². The van der Waals surface area contributed by atoms with E-state index in [0.717, 1.165) is 7.11 Å². The van der Waals surface area contributed by atoms with Crippen LogP contribution in [0.4, 0.5) is 22.0 Å². The molecule has 1 amide bonds. The summed E-state index contributed by atoms with van der Waals surface area (Å²) in [5.41, 5.74) is -0.560. The van der Waals surface area contributed by atoms with Crippen molar-refractivity contribution in [2.75, 3.05) is 13.7 Å². The highest BCUT2D eigenvalue weighted by atomic mass is 19.4. The lowest BCUT2D eigenvalue weighted by Gasteiger charge is -2.09. The van der Waals surface area contributed by atoms with Crippen molar-refractivity contribution in [2.24, 2.45) is 0 Å². The number of carbonyl (C=O) groups is 1. The van der Waals surface area contributed by atoms with Crippen molar-refractivity contribution < 1.29 is 31.5 Å². The Labute approximate surface area is 98.5 Å². The van der Waals surface area contributed by atoms with Crippen LogP contribution < -0.4 is 10.1 Å². The highest BCUT2D eigenvalue weighted by Crippen LogP contribution is 2.22. The molecule has 100 valence electrons. The Morgan fingerprint density at radius 1 is 1.28 bits per heavy atom. The maximum absolute atomic E-state index is 13.2. The van der Waals surface area contributed by atoms with E-state index in [1.54, 1.807) is 0 Å². The Kier molecular flexibility index (Phi) is 4.10. The van der Waals surface area contributed by atoms with Crippen LogP contribution in [0.25, 0.3) is 0 Å². The van der Waals surface area contributed by atoms with Crippen LogP contribution in [-0.4, -0.2) is 25.7 Å². The molecule has 0 atom stereocenters. The molecular formula is C10H8F5NO2. The van der Waals surface area contributed by atoms with E-state index < -0.39 is 41.6 Å². The Hall–Kier alpha value is -1.86. The van der Waals surface area contributed by atoms with E-state index in [4.69, 9.17) is 0 Å². The molecule has 1 rings (SSSR count). The number of ether oxygens (including phenoxy) is 1. The molecule has 0 bridgehead atoms. The number of halogens is 5. The molecule has 0 heterocycles. The minimum absolute atomic E-state index is 0.560. The first-order chi connectivity index (χ1) is 8.24. The van der Waals surface area contributed by atoms with Gasteiger partial charge in [-0.1, -0.05) is 0 Å². The first kappa shape index (κ1) is 14.2. The average molecular weight is 269 g/mol. The van der Waals surface area contributed by atoms with Crippen LogP contribution >= 0.6 is 0 Å². The van der Waals surface area contributed by atoms with Crippen molar-refractivity contribution in [2.45, 2.75) is 6.18 Å². The van der Waals surface area contributed by atoms with Gasteiger partial charge in [0.25, 0.3) is 5.91 Å². The third-order valence-electron chi connectivity index (χ3n) is 1.91. The van der Waals surface area contributed by atoms with Crippen LogP contribution in [0, 0.1) is 11.6 Å². The second-order valence-corrected chi connectivity index (χ2v) is 3.27. The molecule has 0 aliphatic rings. The third-order valence-corrected chi connectivity index (χ3v) is 1.91. The molecule has 0 saturated heterocycles. The van der Waals surface area contributed by atoms with Crippen molar-refractivity contribution in [1.29, 1.82) is 0 Å². The van der Waals surface area contributed by atoms with Gasteiger partial charge < -0.3 is 10.1 Å². The lowest BCUT2D eigenvalue weighted by atomic mass is 10.2. The first-order valence-electron chi connectivity index (χ1n) is 4.62. The van der Waals surface area contributed by atoms with Gasteiger partial charge in [-0.15, -0.1) is 0 Å². The van der Waals surface area contributed by atoms with Gasteiger partial charge in [0, 0.05) is 5.56 Å². The third kappa shape index (κ3) is 3.57. The number of carbonyl (C=O) groups excluding carboxylic acids is 1. The van der Waals surface area contributed by atoms with Gasteiger partial charge in [0.2, 0.25) is 0 Å². The average Bonchev–Trinajstić information content (AvgIpc) is 2.24. The highest BCUT2D eigenvalue weighted by molar-refractivity contribution is 5.94. The molecule has 0 spiro atoms. The Morgan fingerprint density at radius 3 is 2.17 bits per heavy atom. The molecule has 3 nitrogen and oxygen atoms in total. The normalized spacial score (nSPS) is 11.2. The molecule has 0 aromatic heterocycles. The molecule has 0 radical (unpaired) electrons. The molecule has 0 unspecified atom stereocenters. The second kappa shape index (κ2) is 5.19. The number of methoxy groups -OCH3 is 1. The molecule has 1 aromatic rings. The SMILES string of the molecule is COc1c(F)cc(C(=O)NCC(F)(F)F)cc1F. The van der Waals surface area contributed by atoms with Gasteiger partial charge in [-0.2, -0.15) is 13.2 Å². The number of hydrogen-bond donors (Lipinski definition) is 1. The molecular weight excluding hydrogens is 261 g/mol. The molecule has 1 aromatic carbocycles. The largest absolute Gasteiger partial charge is 0.491 e. The van der Waals surface area contributed by atoms with Crippen molar-refractivity contribution in [3.05, 3.63) is 29.3 Å². The monoisotopic (exact) mass is 269 g/mol. The van der Waals surface area contributed by atoms with Crippen LogP contribution in [0.15, 0.2) is 12.1 Å². The summed E-state index contributed by atoms with van der Waals surface area (Å²) in [6.07, 6.45) is -4.60. The summed E-state index contributed by atoms with van der Waals surface area (Å²) in [6.45, 7) is -1.58. The van der Waals surface area contributed by atoms with Gasteiger partial charge >= 0.3 is 6.18 Å². The minimum Gasteiger partial charge on any atom is -0.491 e. The predicted molar refractivity (Wildman–Crippen MR) is 51.3 cm³/mol. The van der Waals surface area contributed by atoms with E-state index in [0.29, 0.717) is 12.1 Å². The van der Waals surface area contributed by atoms with Crippen LogP contribution in [0.5, 0.6) is 5.75 Å². The molecule has 0 aliphatic carbocycles. The number of rotatable bonds is 3. The molecule has 8 heteroatoms. The van der Waals surface area contributed by atoms with Crippen molar-refractivity contribution in [3.8, 4) is 5.75 Å². The van der Waals surface area contributed by atoms with Crippen LogP contribution in [0.2, 0.25) is 0 Å². The van der Waals surface area contributed by atoms with E-state index in [-0.39, 0.29) is 0 Å². The van der Waals surface area contributed by atoms with Crippen LogP contribution in [0.3, 0.4) is 0 Å². The standard InChI is InChI=1S/C10H8F5NO2/c1-18-8-6(11)2-5(3-7(8)12)9(17)16-4-10(13,14)15/h2-3H,4H2,1H3,(H,16,17). The molecule has 1 N–H and O–H groups in total. The second-order valence-electron chi connectivity index (χ2n) is 3.27. The predicted octanol–water partition coefficient (Wildman–Crippen LogP) is 2.27. The molecule has 18 heavy (non-hydrogen) atoms. The van der Waals surface area contributed by atoms with Gasteiger partial charge in [0.05, 0.1) is 7.11 Å². The summed E-state index contributed by atoms with van der Waals surface area (Å²) in [5.74, 6) is -4.28. The zero-order valence-electron chi connectivity index (χ0n) is 9.07. The summed E-state index contributed by atoms with van der Waals surface area (Å²) >= 11 is 0. The maximum Gasteiger partial charge on any atom is 0.405 e. The van der Waals surface area contributed by atoms with E-state index in [2.05, 4.69) is 4.74 Å². The van der Waals surface area contributed by atoms with Crippen molar-refractivity contribution in [1.82, 2.24) is 5.32 Å². The van der Waals surface area contributed by atoms with Gasteiger partial charge in [-0.3, -0.25) is 4.79 Å². The summed E-state index contributed by atoms with van der Waals surface area (Å²) < 4.78 is 66.2. The summed E-state index contributed by atoms with van der Waals surface area (Å²) in [6, 6.07) is 1.18.